The molecule has 3 aromatic rings. The van der Waals surface area contributed by atoms with E-state index in [1.807, 2.05) is 54.7 Å². The molecule has 5 heteroatoms. The summed E-state index contributed by atoms with van der Waals surface area (Å²) in [4.78, 5) is 12.4. The summed E-state index contributed by atoms with van der Waals surface area (Å²) < 4.78 is 7.53. The average Bonchev–Trinajstić information content (AvgIpc) is 3.09. The maximum absolute atomic E-state index is 12.4. The molecule has 0 atom stereocenters. The Labute approximate surface area is 134 Å². The Balaban J connectivity index is 1.66. The van der Waals surface area contributed by atoms with Crippen LogP contribution in [0.25, 0.3) is 0 Å². The first-order chi connectivity index (χ1) is 11.3. The van der Waals surface area contributed by atoms with E-state index in [2.05, 4.69) is 10.4 Å². The van der Waals surface area contributed by atoms with Crippen molar-refractivity contribution in [1.82, 2.24) is 9.78 Å². The van der Waals surface area contributed by atoms with Crippen molar-refractivity contribution in [3.8, 4) is 5.75 Å². The van der Waals surface area contributed by atoms with Crippen molar-refractivity contribution in [2.45, 2.75) is 6.54 Å². The van der Waals surface area contributed by atoms with Crippen LogP contribution in [0, 0.1) is 0 Å². The fourth-order valence-corrected chi connectivity index (χ4v) is 2.18. The SMILES string of the molecule is O=C(Nc1ccccc1)c1ccccc1OCCn1cccn1. The first-order valence-electron chi connectivity index (χ1n) is 7.38. The highest BCUT2D eigenvalue weighted by Gasteiger charge is 2.12. The van der Waals surface area contributed by atoms with E-state index in [0.717, 1.165) is 5.69 Å². The number of carbonyl (C=O) groups is 1. The number of rotatable bonds is 6. The van der Waals surface area contributed by atoms with Crippen molar-refractivity contribution in [1.29, 1.82) is 0 Å². The molecule has 5 nitrogen and oxygen atoms in total. The maximum Gasteiger partial charge on any atom is 0.259 e. The fraction of sp³-hybridized carbons (Fsp3) is 0.111. The zero-order chi connectivity index (χ0) is 15.9. The van der Waals surface area contributed by atoms with E-state index in [-0.39, 0.29) is 5.91 Å². The molecule has 23 heavy (non-hydrogen) atoms. The largest absolute Gasteiger partial charge is 0.491 e. The molecule has 0 aliphatic carbocycles. The second-order valence-corrected chi connectivity index (χ2v) is 4.93. The quantitative estimate of drug-likeness (QED) is 0.761. The van der Waals surface area contributed by atoms with E-state index in [1.54, 1.807) is 23.0 Å². The van der Waals surface area contributed by atoms with Crippen molar-refractivity contribution in [2.24, 2.45) is 0 Å². The third kappa shape index (κ3) is 3.97. The van der Waals surface area contributed by atoms with E-state index in [0.29, 0.717) is 24.5 Å². The molecule has 1 amide bonds. The number of carbonyl (C=O) groups excluding carboxylic acids is 1. The van der Waals surface area contributed by atoms with Crippen molar-refractivity contribution in [3.63, 3.8) is 0 Å². The van der Waals surface area contributed by atoms with Gasteiger partial charge in [0.25, 0.3) is 5.91 Å². The van der Waals surface area contributed by atoms with Gasteiger partial charge in [-0.1, -0.05) is 30.3 Å². The number of hydrogen-bond donors (Lipinski definition) is 1. The van der Waals surface area contributed by atoms with Gasteiger partial charge in [-0.05, 0) is 30.3 Å². The third-order valence-corrected chi connectivity index (χ3v) is 3.30. The molecule has 1 aromatic heterocycles. The normalized spacial score (nSPS) is 10.3. The summed E-state index contributed by atoms with van der Waals surface area (Å²) in [6.45, 7) is 1.07. The molecule has 0 saturated carbocycles. The van der Waals surface area contributed by atoms with Crippen molar-refractivity contribution >= 4 is 11.6 Å². The Morgan fingerprint density at radius 1 is 1.04 bits per heavy atom. The number of aromatic nitrogens is 2. The summed E-state index contributed by atoms with van der Waals surface area (Å²) in [5.74, 6) is 0.374. The Morgan fingerprint density at radius 2 is 1.83 bits per heavy atom. The van der Waals surface area contributed by atoms with E-state index in [1.165, 1.54) is 0 Å². The fourth-order valence-electron chi connectivity index (χ4n) is 2.18. The molecule has 0 aliphatic heterocycles. The lowest BCUT2D eigenvalue weighted by atomic mass is 10.2. The van der Waals surface area contributed by atoms with Gasteiger partial charge in [0.1, 0.15) is 12.4 Å². The number of amides is 1. The summed E-state index contributed by atoms with van der Waals surface area (Å²) in [5.41, 5.74) is 1.26. The minimum Gasteiger partial charge on any atom is -0.491 e. The number of anilines is 1. The topological polar surface area (TPSA) is 56.1 Å². The molecule has 1 N–H and O–H groups in total. The van der Waals surface area contributed by atoms with Crippen molar-refractivity contribution in [2.75, 3.05) is 11.9 Å². The molecule has 0 spiro atoms. The number of benzene rings is 2. The lowest BCUT2D eigenvalue weighted by molar-refractivity contribution is 0.102. The smallest absolute Gasteiger partial charge is 0.259 e. The molecule has 0 unspecified atom stereocenters. The van der Waals surface area contributed by atoms with Gasteiger partial charge in [-0.25, -0.2) is 0 Å². The predicted molar refractivity (Wildman–Crippen MR) is 88.6 cm³/mol. The van der Waals surface area contributed by atoms with Crippen LogP contribution in [0.4, 0.5) is 5.69 Å². The van der Waals surface area contributed by atoms with E-state index >= 15 is 0 Å². The number of nitrogens with one attached hydrogen (secondary N) is 1. The highest BCUT2D eigenvalue weighted by atomic mass is 16.5. The van der Waals surface area contributed by atoms with Crippen LogP contribution >= 0.6 is 0 Å². The summed E-state index contributed by atoms with van der Waals surface area (Å²) in [6, 6.07) is 18.4. The van der Waals surface area contributed by atoms with Gasteiger partial charge in [0.05, 0.1) is 12.1 Å². The molecule has 0 aliphatic rings. The molecule has 2 aromatic carbocycles. The molecular formula is C18H17N3O2. The molecule has 1 heterocycles. The second-order valence-electron chi connectivity index (χ2n) is 4.93. The van der Waals surface area contributed by atoms with E-state index < -0.39 is 0 Å². The molecule has 0 saturated heterocycles. The minimum atomic E-state index is -0.189. The summed E-state index contributed by atoms with van der Waals surface area (Å²) in [7, 11) is 0. The van der Waals surface area contributed by atoms with Crippen LogP contribution < -0.4 is 10.1 Å². The van der Waals surface area contributed by atoms with Gasteiger partial charge < -0.3 is 10.1 Å². The number of para-hydroxylation sites is 2. The zero-order valence-corrected chi connectivity index (χ0v) is 12.6. The average molecular weight is 307 g/mol. The Bertz CT molecular complexity index is 755. The maximum atomic E-state index is 12.4. The first-order valence-corrected chi connectivity index (χ1v) is 7.38. The molecule has 3 rings (SSSR count). The van der Waals surface area contributed by atoms with Crippen LogP contribution in [0.3, 0.4) is 0 Å². The van der Waals surface area contributed by atoms with Gasteiger partial charge in [0, 0.05) is 18.1 Å². The molecule has 0 bridgehead atoms. The van der Waals surface area contributed by atoms with Crippen LogP contribution in [0.1, 0.15) is 10.4 Å². The van der Waals surface area contributed by atoms with Crippen LogP contribution in [0.2, 0.25) is 0 Å². The van der Waals surface area contributed by atoms with Crippen molar-refractivity contribution in [3.05, 3.63) is 78.6 Å². The van der Waals surface area contributed by atoms with E-state index in [4.69, 9.17) is 4.74 Å². The van der Waals surface area contributed by atoms with Crippen LogP contribution in [0.15, 0.2) is 73.1 Å². The van der Waals surface area contributed by atoms with Gasteiger partial charge >= 0.3 is 0 Å². The van der Waals surface area contributed by atoms with Gasteiger partial charge in [-0.3, -0.25) is 9.48 Å². The van der Waals surface area contributed by atoms with Gasteiger partial charge in [-0.2, -0.15) is 5.10 Å². The first kappa shape index (κ1) is 14.8. The van der Waals surface area contributed by atoms with Crippen LogP contribution in [-0.4, -0.2) is 22.3 Å². The minimum absolute atomic E-state index is 0.189. The molecule has 0 fully saturated rings. The second kappa shape index (κ2) is 7.26. The van der Waals surface area contributed by atoms with Crippen molar-refractivity contribution < 1.29 is 9.53 Å². The van der Waals surface area contributed by atoms with Crippen LogP contribution in [0.5, 0.6) is 5.75 Å². The summed E-state index contributed by atoms with van der Waals surface area (Å²) in [6.07, 6.45) is 3.60. The Hall–Kier alpha value is -3.08. The predicted octanol–water partition coefficient (Wildman–Crippen LogP) is 3.21. The van der Waals surface area contributed by atoms with Crippen LogP contribution in [-0.2, 0) is 6.54 Å². The monoisotopic (exact) mass is 307 g/mol. The number of hydrogen-bond acceptors (Lipinski definition) is 3. The summed E-state index contributed by atoms with van der Waals surface area (Å²) in [5, 5.41) is 6.98. The third-order valence-electron chi connectivity index (χ3n) is 3.30. The number of ether oxygens (including phenoxy) is 1. The standard InChI is InChI=1S/C18H17N3O2/c22-18(20-15-7-2-1-3-8-15)16-9-4-5-10-17(16)23-14-13-21-12-6-11-19-21/h1-12H,13-14H2,(H,20,22). The highest BCUT2D eigenvalue weighted by Crippen LogP contribution is 2.19. The Morgan fingerprint density at radius 3 is 2.61 bits per heavy atom. The highest BCUT2D eigenvalue weighted by molar-refractivity contribution is 6.06. The summed E-state index contributed by atoms with van der Waals surface area (Å²) >= 11 is 0. The van der Waals surface area contributed by atoms with E-state index in [9.17, 15) is 4.79 Å². The molecule has 116 valence electrons. The lowest BCUT2D eigenvalue weighted by Gasteiger charge is -2.11. The van der Waals surface area contributed by atoms with Gasteiger partial charge in [0.2, 0.25) is 0 Å². The molecular weight excluding hydrogens is 290 g/mol. The van der Waals surface area contributed by atoms with Gasteiger partial charge in [0.15, 0.2) is 0 Å². The molecule has 0 radical (unpaired) electrons. The zero-order valence-electron chi connectivity index (χ0n) is 12.6. The van der Waals surface area contributed by atoms with Gasteiger partial charge in [-0.15, -0.1) is 0 Å². The Kier molecular flexibility index (Phi) is 4.69. The number of nitrogens with zero attached hydrogens (tertiary/aromatic N) is 2. The lowest BCUT2D eigenvalue weighted by Crippen LogP contribution is -2.15.